The van der Waals surface area contributed by atoms with Crippen molar-refractivity contribution in [1.29, 1.82) is 0 Å². The predicted molar refractivity (Wildman–Crippen MR) is 260 cm³/mol. The van der Waals surface area contributed by atoms with E-state index in [2.05, 4.69) is 27.8 Å². The molecule has 0 saturated carbocycles. The number of carbonyl (C=O) groups excluding carboxylic acids is 5. The van der Waals surface area contributed by atoms with Crippen molar-refractivity contribution in [3.8, 4) is 0 Å². The van der Waals surface area contributed by atoms with Gasteiger partial charge >= 0.3 is 10.2 Å². The molecule has 20 heteroatoms. The maximum atomic E-state index is 14.5. The van der Waals surface area contributed by atoms with E-state index >= 15 is 0 Å². The molecule has 4 N–H and O–H groups in total. The van der Waals surface area contributed by atoms with Crippen molar-refractivity contribution in [2.75, 3.05) is 55.2 Å². The molecule has 2 atom stereocenters. The summed E-state index contributed by atoms with van der Waals surface area (Å²) < 4.78 is 88.1. The summed E-state index contributed by atoms with van der Waals surface area (Å²) in [6.45, 7) is 9.41. The fourth-order valence-corrected chi connectivity index (χ4v) is 9.61. The lowest BCUT2D eigenvalue weighted by molar-refractivity contribution is -0.126. The lowest BCUT2D eigenvalue weighted by Gasteiger charge is -2.32. The average Bonchev–Trinajstić information content (AvgIpc) is 3.50. The molecule has 0 bridgehead atoms. The number of anilines is 6. The van der Waals surface area contributed by atoms with Gasteiger partial charge < -0.3 is 31.1 Å². The minimum Gasteiger partial charge on any atom is -0.346 e. The summed E-state index contributed by atoms with van der Waals surface area (Å²) in [4.78, 5) is 69.0. The summed E-state index contributed by atoms with van der Waals surface area (Å²) in [6, 6.07) is 21.9. The highest BCUT2D eigenvalue weighted by Crippen LogP contribution is 2.40. The fraction of sp³-hybridized carbons (Fsp3) is 0.260. The van der Waals surface area contributed by atoms with Gasteiger partial charge in [0.15, 0.2) is 0 Å². The minimum absolute atomic E-state index is 0.0156. The number of nitrogens with zero attached hydrogens (tertiary/aromatic N) is 4. The Morgan fingerprint density at radius 2 is 1.00 bits per heavy atom. The van der Waals surface area contributed by atoms with Gasteiger partial charge in [-0.15, -0.1) is 0 Å². The van der Waals surface area contributed by atoms with E-state index in [1.807, 2.05) is 6.92 Å². The molecule has 0 fully saturated rings. The van der Waals surface area contributed by atoms with Gasteiger partial charge in [-0.25, -0.2) is 26.2 Å². The van der Waals surface area contributed by atoms with E-state index in [4.69, 9.17) is 0 Å². The third kappa shape index (κ3) is 12.7. The second-order valence-corrected chi connectivity index (χ2v) is 18.0. The number of fused-ring (bicyclic) bond motifs is 1. The van der Waals surface area contributed by atoms with Gasteiger partial charge in [-0.2, -0.15) is 8.42 Å². The summed E-state index contributed by atoms with van der Waals surface area (Å²) in [6.07, 6.45) is -0.303. The second-order valence-electron chi connectivity index (χ2n) is 16.2. The molecular formula is C50H52F4N8O7S. The Kier molecular flexibility index (Phi) is 16.7. The van der Waals surface area contributed by atoms with Gasteiger partial charge in [-0.1, -0.05) is 25.6 Å². The first kappa shape index (κ1) is 51.6. The normalized spacial score (nSPS) is 13.4. The van der Waals surface area contributed by atoms with Crippen LogP contribution in [0.15, 0.2) is 121 Å². The maximum Gasteiger partial charge on any atom is 0.327 e. The van der Waals surface area contributed by atoms with Crippen molar-refractivity contribution in [2.45, 2.75) is 59.0 Å². The third-order valence-corrected chi connectivity index (χ3v) is 12.9. The number of nitrogens with one attached hydrogen (secondary N) is 4. The van der Waals surface area contributed by atoms with E-state index in [0.717, 1.165) is 32.9 Å². The van der Waals surface area contributed by atoms with E-state index in [1.54, 1.807) is 67.3 Å². The van der Waals surface area contributed by atoms with E-state index < -0.39 is 82.8 Å². The monoisotopic (exact) mass is 984 g/mol. The Morgan fingerprint density at radius 3 is 1.43 bits per heavy atom. The van der Waals surface area contributed by atoms with Crippen molar-refractivity contribution in [3.63, 3.8) is 0 Å². The number of halogens is 4. The molecule has 1 aliphatic heterocycles. The topological polar surface area (TPSA) is 181 Å². The van der Waals surface area contributed by atoms with Crippen LogP contribution in [0.1, 0.15) is 45.2 Å². The Morgan fingerprint density at radius 1 is 0.586 bits per heavy atom. The number of carbonyl (C=O) groups is 5. The summed E-state index contributed by atoms with van der Waals surface area (Å²) >= 11 is 0. The Balaban J connectivity index is 1.24. The van der Waals surface area contributed by atoms with Crippen LogP contribution < -0.4 is 39.7 Å². The van der Waals surface area contributed by atoms with Crippen molar-refractivity contribution in [1.82, 2.24) is 10.6 Å². The zero-order valence-electron chi connectivity index (χ0n) is 38.8. The van der Waals surface area contributed by atoms with Crippen LogP contribution in [0.2, 0.25) is 0 Å². The Bertz CT molecular complexity index is 2850. The summed E-state index contributed by atoms with van der Waals surface area (Å²) in [7, 11) is -4.73. The van der Waals surface area contributed by atoms with Gasteiger partial charge in [-0.3, -0.25) is 24.0 Å². The Labute approximate surface area is 403 Å². The molecule has 15 nitrogen and oxygen atoms in total. The molecule has 0 saturated heterocycles. The molecule has 1 aliphatic rings. The summed E-state index contributed by atoms with van der Waals surface area (Å²) in [5.41, 5.74) is 2.46. The zero-order chi connectivity index (χ0) is 50.9. The van der Waals surface area contributed by atoms with E-state index in [-0.39, 0.29) is 59.4 Å². The quantitative estimate of drug-likeness (QED) is 0.0604. The molecule has 0 spiro atoms. The molecule has 0 radical (unpaired) electrons. The highest BCUT2D eigenvalue weighted by atomic mass is 32.2. The smallest absolute Gasteiger partial charge is 0.327 e. The largest absolute Gasteiger partial charge is 0.346 e. The van der Waals surface area contributed by atoms with Crippen LogP contribution in [0.25, 0.3) is 0 Å². The van der Waals surface area contributed by atoms with Crippen LogP contribution in [-0.4, -0.2) is 76.2 Å². The molecule has 70 heavy (non-hydrogen) atoms. The maximum absolute atomic E-state index is 14.5. The molecule has 5 aromatic carbocycles. The average molecular weight is 985 g/mol. The summed E-state index contributed by atoms with van der Waals surface area (Å²) in [5, 5.41) is 10.8. The SMILES string of the molecule is C=C([C@H](Cc1cc(F)cc(F)c1)NC(=O)CN1c2ccccc2N(CC(=O)N[C@@H](Cc2cc(F)cc(F)c2)C(=O)N(CC)c2ccc(NC(C)=O)cc2)S1(=O)=O)N(CC)c1ccc(NC(=O)CC)cc1. The number of hydrogen-bond acceptors (Lipinski definition) is 8. The van der Waals surface area contributed by atoms with Crippen LogP contribution in [0.4, 0.5) is 51.7 Å². The van der Waals surface area contributed by atoms with Crippen LogP contribution in [0, 0.1) is 23.3 Å². The van der Waals surface area contributed by atoms with Gasteiger partial charge in [0.1, 0.15) is 42.4 Å². The number of rotatable bonds is 20. The van der Waals surface area contributed by atoms with Gasteiger partial charge in [0, 0.05) is 73.4 Å². The molecule has 368 valence electrons. The van der Waals surface area contributed by atoms with Crippen molar-refractivity contribution >= 4 is 73.9 Å². The molecule has 0 aromatic heterocycles. The van der Waals surface area contributed by atoms with Crippen molar-refractivity contribution in [3.05, 3.63) is 156 Å². The third-order valence-electron chi connectivity index (χ3n) is 11.2. The van der Waals surface area contributed by atoms with Crippen molar-refractivity contribution in [2.24, 2.45) is 0 Å². The van der Waals surface area contributed by atoms with Crippen LogP contribution in [0.3, 0.4) is 0 Å². The number of benzene rings is 5. The van der Waals surface area contributed by atoms with Crippen molar-refractivity contribution < 1.29 is 50.0 Å². The zero-order valence-corrected chi connectivity index (χ0v) is 39.6. The molecule has 6 rings (SSSR count). The predicted octanol–water partition coefficient (Wildman–Crippen LogP) is 6.97. The van der Waals surface area contributed by atoms with Gasteiger partial charge in [-0.05, 0) is 116 Å². The first-order valence-electron chi connectivity index (χ1n) is 22.2. The molecule has 5 aromatic rings. The van der Waals surface area contributed by atoms with E-state index in [1.165, 1.54) is 36.1 Å². The van der Waals surface area contributed by atoms with Crippen LogP contribution >= 0.6 is 0 Å². The highest BCUT2D eigenvalue weighted by Gasteiger charge is 2.43. The number of amides is 5. The number of likely N-dealkylation sites (N-methyl/N-ethyl adjacent to an activating group) is 2. The van der Waals surface area contributed by atoms with Gasteiger partial charge in [0.25, 0.3) is 0 Å². The van der Waals surface area contributed by atoms with Gasteiger partial charge in [0.05, 0.1) is 17.4 Å². The lowest BCUT2D eigenvalue weighted by atomic mass is 10.0. The highest BCUT2D eigenvalue weighted by molar-refractivity contribution is 7.94. The fourth-order valence-electron chi connectivity index (χ4n) is 8.00. The minimum atomic E-state index is -4.73. The first-order chi connectivity index (χ1) is 33.3. The van der Waals surface area contributed by atoms with Crippen LogP contribution in [0.5, 0.6) is 0 Å². The van der Waals surface area contributed by atoms with Crippen LogP contribution in [-0.2, 0) is 47.0 Å². The summed E-state index contributed by atoms with van der Waals surface area (Å²) in [5.74, 6) is -6.61. The van der Waals surface area contributed by atoms with E-state index in [0.29, 0.717) is 41.4 Å². The molecular weight excluding hydrogens is 933 g/mol. The first-order valence-corrected chi connectivity index (χ1v) is 23.6. The van der Waals surface area contributed by atoms with E-state index in [9.17, 15) is 50.0 Å². The molecule has 0 unspecified atom stereocenters. The van der Waals surface area contributed by atoms with Gasteiger partial charge in [0.2, 0.25) is 29.5 Å². The Hall–Kier alpha value is -7.74. The number of para-hydroxylation sites is 2. The molecule has 0 aliphatic carbocycles. The number of hydrogen-bond donors (Lipinski definition) is 4. The molecule has 5 amide bonds. The standard InChI is InChI=1S/C50H52F4N8O7S/c1-6-47(64)56-40-15-17-41(18-16-40)59(7-2)31(4)43(25-33-21-35(51)27-36(52)22-33)57-48(65)29-61-45-11-9-10-12-46(45)62(70(61,68)69)30-49(66)58-44(26-34-23-37(53)28-38(54)24-34)50(67)60(8-3)42-19-13-39(14-20-42)55-32(5)63/h9-24,27-28,43-44H,4,6-8,25-26,29-30H2,1-3,5H3,(H,55,63)(H,56,64)(H,57,65)(H,58,66)/t43-,44-/m0/s1. The molecule has 1 heterocycles. The lowest BCUT2D eigenvalue weighted by Crippen LogP contribution is -2.53. The second kappa shape index (κ2) is 22.6.